The van der Waals surface area contributed by atoms with Crippen molar-refractivity contribution in [1.82, 2.24) is 0 Å². The Hall–Kier alpha value is -0.920. The van der Waals surface area contributed by atoms with Crippen molar-refractivity contribution in [3.63, 3.8) is 0 Å². The predicted molar refractivity (Wildman–Crippen MR) is 59.1 cm³/mol. The predicted octanol–water partition coefficient (Wildman–Crippen LogP) is 4.75. The van der Waals surface area contributed by atoms with Gasteiger partial charge in [-0.25, -0.2) is 8.78 Å². The maximum absolute atomic E-state index is 13.6. The van der Waals surface area contributed by atoms with Gasteiger partial charge in [-0.15, -0.1) is 0 Å². The third kappa shape index (κ3) is 3.98. The van der Waals surface area contributed by atoms with E-state index in [0.29, 0.717) is 6.42 Å². The van der Waals surface area contributed by atoms with Crippen LogP contribution in [-0.2, 0) is 5.92 Å². The summed E-state index contributed by atoms with van der Waals surface area (Å²) in [5.41, 5.74) is 0.140. The van der Waals surface area contributed by atoms with Crippen LogP contribution in [0.15, 0.2) is 30.3 Å². The van der Waals surface area contributed by atoms with Gasteiger partial charge >= 0.3 is 0 Å². The van der Waals surface area contributed by atoms with Crippen molar-refractivity contribution in [3.8, 4) is 0 Å². The van der Waals surface area contributed by atoms with E-state index in [1.54, 1.807) is 18.2 Å². The van der Waals surface area contributed by atoms with Crippen molar-refractivity contribution in [2.24, 2.45) is 0 Å². The third-order valence-electron chi connectivity index (χ3n) is 2.54. The van der Waals surface area contributed by atoms with Gasteiger partial charge in [-0.2, -0.15) is 0 Å². The van der Waals surface area contributed by atoms with Crippen molar-refractivity contribution < 1.29 is 8.78 Å². The first-order chi connectivity index (χ1) is 7.17. The Kier molecular flexibility index (Phi) is 4.73. The zero-order chi connectivity index (χ0) is 11.1. The van der Waals surface area contributed by atoms with Gasteiger partial charge in [0.2, 0.25) is 0 Å². The molecule has 0 aliphatic rings. The number of hydrogen-bond acceptors (Lipinski definition) is 0. The minimum atomic E-state index is -2.66. The van der Waals surface area contributed by atoms with Gasteiger partial charge in [0.15, 0.2) is 0 Å². The van der Waals surface area contributed by atoms with E-state index in [4.69, 9.17) is 0 Å². The Morgan fingerprint density at radius 3 is 2.27 bits per heavy atom. The van der Waals surface area contributed by atoms with E-state index in [1.807, 2.05) is 0 Å². The van der Waals surface area contributed by atoms with Gasteiger partial charge in [-0.05, 0) is 6.42 Å². The molecule has 0 saturated heterocycles. The highest BCUT2D eigenvalue weighted by Crippen LogP contribution is 2.33. The second kappa shape index (κ2) is 5.84. The van der Waals surface area contributed by atoms with Crippen LogP contribution in [-0.4, -0.2) is 0 Å². The number of unbranched alkanes of at least 4 members (excludes halogenated alkanes) is 3. The van der Waals surface area contributed by atoms with Crippen LogP contribution in [0.5, 0.6) is 0 Å². The quantitative estimate of drug-likeness (QED) is 0.597. The lowest BCUT2D eigenvalue weighted by molar-refractivity contribution is -0.0158. The van der Waals surface area contributed by atoms with Gasteiger partial charge in [0.25, 0.3) is 5.92 Å². The summed E-state index contributed by atoms with van der Waals surface area (Å²) in [7, 11) is 0. The Morgan fingerprint density at radius 2 is 1.67 bits per heavy atom. The maximum Gasteiger partial charge on any atom is 0.273 e. The monoisotopic (exact) mass is 212 g/mol. The molecule has 15 heavy (non-hydrogen) atoms. The minimum Gasteiger partial charge on any atom is -0.201 e. The van der Waals surface area contributed by atoms with Crippen LogP contribution < -0.4 is 0 Å². The van der Waals surface area contributed by atoms with Crippen LogP contribution in [0, 0.1) is 0 Å². The molecule has 1 aromatic rings. The van der Waals surface area contributed by atoms with Crippen LogP contribution in [0.2, 0.25) is 0 Å². The van der Waals surface area contributed by atoms with E-state index in [2.05, 4.69) is 6.92 Å². The standard InChI is InChI=1S/C13H18F2/c1-2-3-4-8-11-13(14,15)12-9-6-5-7-10-12/h5-7,9-10H,2-4,8,11H2,1H3. The number of rotatable bonds is 6. The molecule has 0 aliphatic heterocycles. The summed E-state index contributed by atoms with van der Waals surface area (Å²) in [4.78, 5) is 0. The molecule has 0 nitrogen and oxygen atoms in total. The van der Waals surface area contributed by atoms with E-state index in [9.17, 15) is 8.78 Å². The van der Waals surface area contributed by atoms with Crippen LogP contribution in [0.25, 0.3) is 0 Å². The second-order valence-corrected chi connectivity index (χ2v) is 3.88. The molecule has 84 valence electrons. The molecule has 0 aromatic heterocycles. The van der Waals surface area contributed by atoms with Crippen LogP contribution in [0.4, 0.5) is 8.78 Å². The number of alkyl halides is 2. The minimum absolute atomic E-state index is 0.0307. The van der Waals surface area contributed by atoms with Crippen LogP contribution >= 0.6 is 0 Å². The van der Waals surface area contributed by atoms with Gasteiger partial charge in [-0.3, -0.25) is 0 Å². The van der Waals surface area contributed by atoms with Crippen LogP contribution in [0.1, 0.15) is 44.6 Å². The first kappa shape index (κ1) is 12.2. The zero-order valence-corrected chi connectivity index (χ0v) is 9.18. The lowest BCUT2D eigenvalue weighted by atomic mass is 10.0. The highest BCUT2D eigenvalue weighted by Gasteiger charge is 2.29. The Labute approximate surface area is 90.3 Å². The van der Waals surface area contributed by atoms with E-state index in [1.165, 1.54) is 12.1 Å². The van der Waals surface area contributed by atoms with Gasteiger partial charge in [0.05, 0.1) is 0 Å². The number of benzene rings is 1. The smallest absolute Gasteiger partial charge is 0.201 e. The molecular weight excluding hydrogens is 194 g/mol. The lowest BCUT2D eigenvalue weighted by Crippen LogP contribution is -2.12. The molecule has 1 aromatic carbocycles. The summed E-state index contributed by atoms with van der Waals surface area (Å²) in [6.07, 6.45) is 3.60. The average molecular weight is 212 g/mol. The van der Waals surface area contributed by atoms with Crippen molar-refractivity contribution in [2.45, 2.75) is 45.0 Å². The highest BCUT2D eigenvalue weighted by molar-refractivity contribution is 5.19. The molecule has 0 N–H and O–H groups in total. The van der Waals surface area contributed by atoms with Crippen molar-refractivity contribution >= 4 is 0 Å². The summed E-state index contributed by atoms with van der Waals surface area (Å²) in [6.45, 7) is 2.08. The Balaban J connectivity index is 2.45. The fourth-order valence-electron chi connectivity index (χ4n) is 1.60. The molecule has 0 saturated carbocycles. The van der Waals surface area contributed by atoms with E-state index >= 15 is 0 Å². The third-order valence-corrected chi connectivity index (χ3v) is 2.54. The number of halogens is 2. The molecular formula is C13H18F2. The zero-order valence-electron chi connectivity index (χ0n) is 9.18. The molecule has 0 radical (unpaired) electrons. The fourth-order valence-corrected chi connectivity index (χ4v) is 1.60. The highest BCUT2D eigenvalue weighted by atomic mass is 19.3. The maximum atomic E-state index is 13.6. The van der Waals surface area contributed by atoms with Gasteiger partial charge in [-0.1, -0.05) is 56.5 Å². The molecule has 0 atom stereocenters. The molecule has 0 fully saturated rings. The largest absolute Gasteiger partial charge is 0.273 e. The first-order valence-electron chi connectivity index (χ1n) is 5.60. The Morgan fingerprint density at radius 1 is 1.00 bits per heavy atom. The molecule has 0 aliphatic carbocycles. The SMILES string of the molecule is CCCCCCC(F)(F)c1ccccc1. The number of hydrogen-bond donors (Lipinski definition) is 0. The molecule has 0 amide bonds. The fraction of sp³-hybridized carbons (Fsp3) is 0.538. The summed E-state index contributed by atoms with van der Waals surface area (Å²) in [5, 5.41) is 0. The topological polar surface area (TPSA) is 0 Å². The average Bonchev–Trinajstić information content (AvgIpc) is 2.26. The molecule has 0 heterocycles. The van der Waals surface area contributed by atoms with Gasteiger partial charge < -0.3 is 0 Å². The molecule has 2 heteroatoms. The summed E-state index contributed by atoms with van der Waals surface area (Å²) >= 11 is 0. The summed E-state index contributed by atoms with van der Waals surface area (Å²) < 4.78 is 27.2. The van der Waals surface area contributed by atoms with Gasteiger partial charge in [0, 0.05) is 12.0 Å². The summed E-state index contributed by atoms with van der Waals surface area (Å²) in [6, 6.07) is 8.08. The Bertz CT molecular complexity index is 267. The van der Waals surface area contributed by atoms with Crippen molar-refractivity contribution in [1.29, 1.82) is 0 Å². The lowest BCUT2D eigenvalue weighted by Gasteiger charge is -2.16. The normalized spacial score (nSPS) is 11.7. The van der Waals surface area contributed by atoms with E-state index in [0.717, 1.165) is 19.3 Å². The van der Waals surface area contributed by atoms with Crippen molar-refractivity contribution in [3.05, 3.63) is 35.9 Å². The molecule has 0 spiro atoms. The molecule has 0 unspecified atom stereocenters. The molecule has 0 bridgehead atoms. The summed E-state index contributed by atoms with van der Waals surface area (Å²) in [5.74, 6) is -2.66. The first-order valence-corrected chi connectivity index (χ1v) is 5.60. The van der Waals surface area contributed by atoms with Crippen molar-refractivity contribution in [2.75, 3.05) is 0 Å². The van der Waals surface area contributed by atoms with Crippen LogP contribution in [0.3, 0.4) is 0 Å². The molecule has 1 rings (SSSR count). The van der Waals surface area contributed by atoms with E-state index < -0.39 is 5.92 Å². The van der Waals surface area contributed by atoms with E-state index in [-0.39, 0.29) is 12.0 Å². The van der Waals surface area contributed by atoms with Gasteiger partial charge in [0.1, 0.15) is 0 Å². The second-order valence-electron chi connectivity index (χ2n) is 3.88.